The van der Waals surface area contributed by atoms with Crippen LogP contribution in [0.4, 0.5) is 10.1 Å². The minimum atomic E-state index is -0.773. The summed E-state index contributed by atoms with van der Waals surface area (Å²) in [5, 5.41) is 14.7. The molecule has 4 nitrogen and oxygen atoms in total. The van der Waals surface area contributed by atoms with E-state index >= 15 is 0 Å². The predicted molar refractivity (Wildman–Crippen MR) is 71.3 cm³/mol. The molecule has 1 aliphatic heterocycles. The fourth-order valence-electron chi connectivity index (χ4n) is 2.22. The monoisotopic (exact) mass is 266 g/mol. The zero-order chi connectivity index (χ0) is 14.0. The Kier molecular flexibility index (Phi) is 4.04. The van der Waals surface area contributed by atoms with Gasteiger partial charge in [-0.05, 0) is 36.5 Å². The highest BCUT2D eigenvalue weighted by molar-refractivity contribution is 5.85. The van der Waals surface area contributed by atoms with Crippen molar-refractivity contribution < 1.29 is 14.3 Å². The lowest BCUT2D eigenvalue weighted by Crippen LogP contribution is -2.49. The molecule has 3 N–H and O–H groups in total. The number of rotatable bonds is 3. The first kappa shape index (κ1) is 13.8. The second-order valence-electron chi connectivity index (χ2n) is 5.19. The Labute approximate surface area is 112 Å². The molecule has 1 aromatic rings. The van der Waals surface area contributed by atoms with Gasteiger partial charge in [-0.1, -0.05) is 19.9 Å². The van der Waals surface area contributed by atoms with Crippen molar-refractivity contribution in [2.24, 2.45) is 0 Å². The molecular weight excluding hydrogens is 247 g/mol. The lowest BCUT2D eigenvalue weighted by atomic mass is 10.0. The minimum Gasteiger partial charge on any atom is -0.374 e. The number of aliphatic hydroxyl groups excluding tert-OH is 1. The summed E-state index contributed by atoms with van der Waals surface area (Å²) in [7, 11) is 0. The largest absolute Gasteiger partial charge is 0.374 e. The molecule has 5 heteroatoms. The molecule has 19 heavy (non-hydrogen) atoms. The molecule has 2 unspecified atom stereocenters. The first-order valence-electron chi connectivity index (χ1n) is 6.52. The third-order valence-electron chi connectivity index (χ3n) is 3.32. The normalized spacial score (nSPS) is 23.3. The summed E-state index contributed by atoms with van der Waals surface area (Å²) in [5.41, 5.74) is 1.24. The molecule has 1 amide bonds. The highest BCUT2D eigenvalue weighted by Crippen LogP contribution is 2.23. The van der Waals surface area contributed by atoms with Crippen molar-refractivity contribution >= 4 is 11.6 Å². The summed E-state index contributed by atoms with van der Waals surface area (Å²) >= 11 is 0. The van der Waals surface area contributed by atoms with Gasteiger partial charge in [0.05, 0.1) is 0 Å². The average molecular weight is 266 g/mol. The maximum absolute atomic E-state index is 13.8. The van der Waals surface area contributed by atoms with E-state index in [0.717, 1.165) is 0 Å². The van der Waals surface area contributed by atoms with Crippen molar-refractivity contribution in [1.29, 1.82) is 0 Å². The van der Waals surface area contributed by atoms with Crippen LogP contribution in [0.3, 0.4) is 0 Å². The molecule has 0 bridgehead atoms. The van der Waals surface area contributed by atoms with E-state index in [9.17, 15) is 14.3 Å². The molecule has 1 aliphatic rings. The van der Waals surface area contributed by atoms with E-state index in [1.165, 1.54) is 6.07 Å². The topological polar surface area (TPSA) is 61.4 Å². The number of amides is 1. The summed E-state index contributed by atoms with van der Waals surface area (Å²) in [4.78, 5) is 11.6. The zero-order valence-electron chi connectivity index (χ0n) is 11.1. The summed E-state index contributed by atoms with van der Waals surface area (Å²) in [6.07, 6.45) is 0.252. The minimum absolute atomic E-state index is 0.127. The van der Waals surface area contributed by atoms with Gasteiger partial charge in [0, 0.05) is 5.69 Å². The van der Waals surface area contributed by atoms with E-state index in [1.807, 2.05) is 13.8 Å². The van der Waals surface area contributed by atoms with E-state index in [4.69, 9.17) is 0 Å². The average Bonchev–Trinajstić information content (AvgIpc) is 2.32. The summed E-state index contributed by atoms with van der Waals surface area (Å²) in [5.74, 6) is -0.398. The van der Waals surface area contributed by atoms with Crippen LogP contribution in [0.5, 0.6) is 0 Å². The maximum Gasteiger partial charge on any atom is 0.244 e. The second-order valence-corrected chi connectivity index (χ2v) is 5.19. The standard InChI is InChI=1S/C14H19FN2O2/c1-8(2)10-4-3-9(7-11(10)15)16-12-5-6-13(18)17-14(12)19/h3-4,7-8,12-13,16,18H,5-6H2,1-2H3,(H,17,19). The number of anilines is 1. The molecule has 0 aromatic heterocycles. The van der Waals surface area contributed by atoms with Crippen LogP contribution in [0.1, 0.15) is 38.2 Å². The van der Waals surface area contributed by atoms with Crippen molar-refractivity contribution in [3.8, 4) is 0 Å². The van der Waals surface area contributed by atoms with Crippen LogP contribution in [0.15, 0.2) is 18.2 Å². The molecule has 0 radical (unpaired) electrons. The number of hydrogen-bond donors (Lipinski definition) is 3. The molecule has 1 fully saturated rings. The van der Waals surface area contributed by atoms with Gasteiger partial charge in [0.2, 0.25) is 5.91 Å². The molecule has 2 atom stereocenters. The third-order valence-corrected chi connectivity index (χ3v) is 3.32. The fourth-order valence-corrected chi connectivity index (χ4v) is 2.22. The Morgan fingerprint density at radius 2 is 2.16 bits per heavy atom. The zero-order valence-corrected chi connectivity index (χ0v) is 11.1. The first-order valence-corrected chi connectivity index (χ1v) is 6.52. The van der Waals surface area contributed by atoms with Crippen molar-refractivity contribution in [2.75, 3.05) is 5.32 Å². The van der Waals surface area contributed by atoms with Gasteiger partial charge < -0.3 is 15.7 Å². The molecule has 0 aliphatic carbocycles. The number of piperidine rings is 1. The Bertz CT molecular complexity index is 477. The van der Waals surface area contributed by atoms with Crippen molar-refractivity contribution in [1.82, 2.24) is 5.32 Å². The first-order chi connectivity index (χ1) is 8.97. The lowest BCUT2D eigenvalue weighted by molar-refractivity contribution is -0.127. The van der Waals surface area contributed by atoms with E-state index in [0.29, 0.717) is 24.1 Å². The van der Waals surface area contributed by atoms with Crippen LogP contribution in [0.25, 0.3) is 0 Å². The molecular formula is C14H19FN2O2. The molecule has 1 aromatic carbocycles. The van der Waals surface area contributed by atoms with Gasteiger partial charge in [0.1, 0.15) is 18.1 Å². The van der Waals surface area contributed by atoms with Gasteiger partial charge in [0.15, 0.2) is 0 Å². The number of halogens is 1. The van der Waals surface area contributed by atoms with Gasteiger partial charge in [-0.25, -0.2) is 4.39 Å². The second kappa shape index (κ2) is 5.57. The van der Waals surface area contributed by atoms with E-state index in [1.54, 1.807) is 12.1 Å². The Morgan fingerprint density at radius 1 is 1.42 bits per heavy atom. The van der Waals surface area contributed by atoms with Crippen LogP contribution in [0, 0.1) is 5.82 Å². The molecule has 0 spiro atoms. The maximum atomic E-state index is 13.8. The number of carbonyl (C=O) groups excluding carboxylic acids is 1. The van der Waals surface area contributed by atoms with Crippen LogP contribution in [0.2, 0.25) is 0 Å². The highest BCUT2D eigenvalue weighted by Gasteiger charge is 2.26. The van der Waals surface area contributed by atoms with Crippen molar-refractivity contribution in [3.05, 3.63) is 29.6 Å². The number of carbonyl (C=O) groups is 1. The van der Waals surface area contributed by atoms with Gasteiger partial charge in [0.25, 0.3) is 0 Å². The van der Waals surface area contributed by atoms with Crippen molar-refractivity contribution in [3.63, 3.8) is 0 Å². The SMILES string of the molecule is CC(C)c1ccc(NC2CCC(O)NC2=O)cc1F. The quantitative estimate of drug-likeness (QED) is 0.783. The fraction of sp³-hybridized carbons (Fsp3) is 0.500. The Hall–Kier alpha value is -1.62. The van der Waals surface area contributed by atoms with E-state index in [-0.39, 0.29) is 17.6 Å². The molecule has 1 saturated heterocycles. The summed E-state index contributed by atoms with van der Waals surface area (Å²) in [6.45, 7) is 3.86. The van der Waals surface area contributed by atoms with Crippen LogP contribution in [-0.2, 0) is 4.79 Å². The number of hydrogen-bond acceptors (Lipinski definition) is 3. The van der Waals surface area contributed by atoms with E-state index in [2.05, 4.69) is 10.6 Å². The molecule has 104 valence electrons. The van der Waals surface area contributed by atoms with Crippen LogP contribution in [-0.4, -0.2) is 23.3 Å². The number of benzene rings is 1. The smallest absolute Gasteiger partial charge is 0.244 e. The third kappa shape index (κ3) is 3.23. The van der Waals surface area contributed by atoms with Gasteiger partial charge in [-0.15, -0.1) is 0 Å². The summed E-state index contributed by atoms with van der Waals surface area (Å²) < 4.78 is 13.8. The Morgan fingerprint density at radius 3 is 2.74 bits per heavy atom. The summed E-state index contributed by atoms with van der Waals surface area (Å²) in [6, 6.07) is 4.50. The lowest BCUT2D eigenvalue weighted by Gasteiger charge is -2.27. The van der Waals surface area contributed by atoms with Crippen LogP contribution >= 0.6 is 0 Å². The van der Waals surface area contributed by atoms with Crippen LogP contribution < -0.4 is 10.6 Å². The van der Waals surface area contributed by atoms with Gasteiger partial charge >= 0.3 is 0 Å². The predicted octanol–water partition coefficient (Wildman–Crippen LogP) is 1.96. The molecule has 1 heterocycles. The molecule has 2 rings (SSSR count). The highest BCUT2D eigenvalue weighted by atomic mass is 19.1. The van der Waals surface area contributed by atoms with Gasteiger partial charge in [-0.3, -0.25) is 4.79 Å². The Balaban J connectivity index is 2.07. The molecule has 0 saturated carbocycles. The number of nitrogens with one attached hydrogen (secondary N) is 2. The van der Waals surface area contributed by atoms with Gasteiger partial charge in [-0.2, -0.15) is 0 Å². The number of aliphatic hydroxyl groups is 1. The van der Waals surface area contributed by atoms with E-state index < -0.39 is 12.3 Å². The van der Waals surface area contributed by atoms with Crippen molar-refractivity contribution in [2.45, 2.75) is 44.9 Å².